The predicted molar refractivity (Wildman–Crippen MR) is 177 cm³/mol. The summed E-state index contributed by atoms with van der Waals surface area (Å²) in [6.45, 7) is 4.92. The lowest BCUT2D eigenvalue weighted by Gasteiger charge is -2.41. The molecule has 8 nitrogen and oxygen atoms in total. The fourth-order valence-corrected chi connectivity index (χ4v) is 7.87. The lowest BCUT2D eigenvalue weighted by Crippen LogP contribution is -2.45. The van der Waals surface area contributed by atoms with E-state index >= 15 is 0 Å². The van der Waals surface area contributed by atoms with Gasteiger partial charge >= 0.3 is 6.03 Å². The molecule has 0 unspecified atom stereocenters. The summed E-state index contributed by atoms with van der Waals surface area (Å²) < 4.78 is 15.9. The minimum atomic E-state index is -0.332. The van der Waals surface area contributed by atoms with E-state index in [1.165, 1.54) is 30.7 Å². The zero-order valence-electron chi connectivity index (χ0n) is 26.3. The largest absolute Gasteiger partial charge is 0.332 e. The Morgan fingerprint density at radius 1 is 0.913 bits per heavy atom. The van der Waals surface area contributed by atoms with E-state index in [0.717, 1.165) is 55.0 Å². The number of para-hydroxylation sites is 1. The summed E-state index contributed by atoms with van der Waals surface area (Å²) >= 11 is 0. The van der Waals surface area contributed by atoms with Crippen LogP contribution in [-0.2, 0) is 13.0 Å². The Kier molecular flexibility index (Phi) is 8.58. The topological polar surface area (TPSA) is 73.7 Å². The number of hydrogen-bond acceptors (Lipinski definition) is 4. The molecule has 2 saturated heterocycles. The fraction of sp³-hybridized carbons (Fsp3) is 0.378. The average Bonchev–Trinajstić information content (AvgIpc) is 3.53. The van der Waals surface area contributed by atoms with E-state index in [0.29, 0.717) is 43.4 Å². The highest BCUT2D eigenvalue weighted by molar-refractivity contribution is 6.01. The SMILES string of the molecule is Cc1nc2c(n1C1C[C@H]3CC[C@H](C1)N3CCCN(C(=O)Nc1ccc(F)cc1)c1ccccc1)CCN(C(=O)c1ccccc1)C2. The predicted octanol–water partition coefficient (Wildman–Crippen LogP) is 6.83. The van der Waals surface area contributed by atoms with Gasteiger partial charge in [0.1, 0.15) is 11.6 Å². The lowest BCUT2D eigenvalue weighted by atomic mass is 9.95. The molecule has 7 rings (SSSR count). The second-order valence-corrected chi connectivity index (χ2v) is 12.8. The molecule has 4 heterocycles. The summed E-state index contributed by atoms with van der Waals surface area (Å²) in [6, 6.07) is 26.3. The molecule has 9 heteroatoms. The maximum atomic E-state index is 13.4. The summed E-state index contributed by atoms with van der Waals surface area (Å²) in [7, 11) is 0. The van der Waals surface area contributed by atoms with Gasteiger partial charge in [-0.05, 0) is 87.6 Å². The van der Waals surface area contributed by atoms with Crippen molar-refractivity contribution in [2.24, 2.45) is 0 Å². The van der Waals surface area contributed by atoms with Gasteiger partial charge in [0.05, 0.1) is 12.2 Å². The first-order chi connectivity index (χ1) is 22.4. The lowest BCUT2D eigenvalue weighted by molar-refractivity contribution is 0.0728. The number of aryl methyl sites for hydroxylation is 1. The van der Waals surface area contributed by atoms with Crippen molar-refractivity contribution < 1.29 is 14.0 Å². The number of urea groups is 1. The van der Waals surface area contributed by atoms with Gasteiger partial charge in [-0.2, -0.15) is 0 Å². The van der Waals surface area contributed by atoms with Gasteiger partial charge in [0.15, 0.2) is 0 Å². The van der Waals surface area contributed by atoms with Crippen molar-refractivity contribution >= 4 is 23.3 Å². The Balaban J connectivity index is 0.986. The highest BCUT2D eigenvalue weighted by Crippen LogP contribution is 2.42. The van der Waals surface area contributed by atoms with E-state index in [4.69, 9.17) is 4.98 Å². The number of nitrogens with one attached hydrogen (secondary N) is 1. The number of carbonyl (C=O) groups is 2. The van der Waals surface area contributed by atoms with Crippen LogP contribution >= 0.6 is 0 Å². The molecule has 3 aliphatic rings. The van der Waals surface area contributed by atoms with Crippen LogP contribution in [0.15, 0.2) is 84.9 Å². The average molecular weight is 621 g/mol. The molecule has 0 saturated carbocycles. The quantitative estimate of drug-likeness (QED) is 0.235. The zero-order valence-corrected chi connectivity index (χ0v) is 26.3. The number of aromatic nitrogens is 2. The van der Waals surface area contributed by atoms with E-state index in [1.807, 2.05) is 65.6 Å². The number of amides is 3. The summed E-state index contributed by atoms with van der Waals surface area (Å²) in [5, 5.41) is 2.93. The van der Waals surface area contributed by atoms with Gasteiger partial charge in [-0.1, -0.05) is 36.4 Å². The second-order valence-electron chi connectivity index (χ2n) is 12.8. The van der Waals surface area contributed by atoms with Gasteiger partial charge in [-0.3, -0.25) is 14.6 Å². The highest BCUT2D eigenvalue weighted by atomic mass is 19.1. The Labute approximate surface area is 269 Å². The van der Waals surface area contributed by atoms with Crippen molar-refractivity contribution in [1.82, 2.24) is 19.4 Å². The van der Waals surface area contributed by atoms with E-state index in [-0.39, 0.29) is 17.8 Å². The number of benzene rings is 3. The maximum absolute atomic E-state index is 13.4. The summed E-state index contributed by atoms with van der Waals surface area (Å²) in [6.07, 6.45) is 6.28. The van der Waals surface area contributed by atoms with Crippen molar-refractivity contribution in [2.75, 3.05) is 29.9 Å². The third-order valence-corrected chi connectivity index (χ3v) is 9.97. The van der Waals surface area contributed by atoms with Gasteiger partial charge in [0.2, 0.25) is 0 Å². The van der Waals surface area contributed by atoms with Crippen LogP contribution < -0.4 is 10.2 Å². The Morgan fingerprint density at radius 3 is 2.28 bits per heavy atom. The normalized spacial score (nSPS) is 20.7. The summed E-state index contributed by atoms with van der Waals surface area (Å²) in [5.74, 6) is 0.799. The molecular weight excluding hydrogens is 579 g/mol. The van der Waals surface area contributed by atoms with Gasteiger partial charge in [0.25, 0.3) is 5.91 Å². The van der Waals surface area contributed by atoms with Crippen LogP contribution in [0.3, 0.4) is 0 Å². The van der Waals surface area contributed by atoms with Crippen molar-refractivity contribution in [2.45, 2.75) is 70.1 Å². The molecule has 2 atom stereocenters. The first kappa shape index (κ1) is 30.2. The molecule has 1 N–H and O–H groups in total. The molecule has 3 aliphatic heterocycles. The Morgan fingerprint density at radius 2 is 1.59 bits per heavy atom. The molecule has 0 aliphatic carbocycles. The minimum Gasteiger partial charge on any atom is -0.332 e. The molecule has 2 bridgehead atoms. The molecule has 3 aromatic carbocycles. The number of anilines is 2. The van der Waals surface area contributed by atoms with Crippen molar-refractivity contribution in [3.8, 4) is 0 Å². The smallest absolute Gasteiger partial charge is 0.326 e. The van der Waals surface area contributed by atoms with Gasteiger partial charge in [-0.15, -0.1) is 0 Å². The van der Waals surface area contributed by atoms with Crippen molar-refractivity contribution in [1.29, 1.82) is 0 Å². The van der Waals surface area contributed by atoms with Crippen LogP contribution in [0.2, 0.25) is 0 Å². The van der Waals surface area contributed by atoms with Gasteiger partial charge in [-0.25, -0.2) is 14.2 Å². The number of hydrogen-bond donors (Lipinski definition) is 1. The van der Waals surface area contributed by atoms with Crippen LogP contribution in [0, 0.1) is 12.7 Å². The molecule has 46 heavy (non-hydrogen) atoms. The van der Waals surface area contributed by atoms with E-state index in [2.05, 4.69) is 21.7 Å². The summed E-state index contributed by atoms with van der Waals surface area (Å²) in [5.41, 5.74) is 4.49. The fourth-order valence-electron chi connectivity index (χ4n) is 7.87. The van der Waals surface area contributed by atoms with E-state index in [9.17, 15) is 14.0 Å². The van der Waals surface area contributed by atoms with Crippen LogP contribution in [0.4, 0.5) is 20.6 Å². The molecule has 0 spiro atoms. The van der Waals surface area contributed by atoms with Crippen molar-refractivity contribution in [3.05, 3.63) is 114 Å². The third kappa shape index (κ3) is 6.16. The number of fused-ring (bicyclic) bond motifs is 3. The zero-order chi connectivity index (χ0) is 31.6. The molecule has 2 fully saturated rings. The van der Waals surface area contributed by atoms with Crippen LogP contribution in [0.5, 0.6) is 0 Å². The molecule has 3 amide bonds. The summed E-state index contributed by atoms with van der Waals surface area (Å²) in [4.78, 5) is 37.8. The first-order valence-corrected chi connectivity index (χ1v) is 16.5. The van der Waals surface area contributed by atoms with E-state index in [1.54, 1.807) is 17.0 Å². The first-order valence-electron chi connectivity index (χ1n) is 16.5. The number of nitrogens with zero attached hydrogens (tertiary/aromatic N) is 5. The second kappa shape index (κ2) is 13.1. The number of imidazole rings is 1. The van der Waals surface area contributed by atoms with Gasteiger partial charge in [0, 0.05) is 66.8 Å². The van der Waals surface area contributed by atoms with Crippen LogP contribution in [0.1, 0.15) is 65.7 Å². The molecule has 238 valence electrons. The number of piperidine rings is 1. The van der Waals surface area contributed by atoms with E-state index < -0.39 is 0 Å². The minimum absolute atomic E-state index is 0.0728. The third-order valence-electron chi connectivity index (χ3n) is 9.97. The number of rotatable bonds is 8. The van der Waals surface area contributed by atoms with Gasteiger partial charge < -0.3 is 14.8 Å². The Hall–Kier alpha value is -4.50. The van der Waals surface area contributed by atoms with Crippen molar-refractivity contribution in [3.63, 3.8) is 0 Å². The molecule has 4 aromatic rings. The molecule has 1 aromatic heterocycles. The monoisotopic (exact) mass is 620 g/mol. The molecule has 0 radical (unpaired) electrons. The maximum Gasteiger partial charge on any atom is 0.326 e. The standard InChI is InChI=1S/C37H41FN6O2/c1-26-39-34-25-41(36(45)27-9-4-2-5-10-27)22-19-35(34)44(26)33-23-31-17-18-32(24-33)42(31)20-8-21-43(30-11-6-3-7-12-30)37(46)40-29-15-13-28(38)14-16-29/h2-7,9-16,31-33H,8,17-25H2,1H3,(H,40,46)/t31-,32-/m1/s1. The number of carbonyl (C=O) groups excluding carboxylic acids is 2. The highest BCUT2D eigenvalue weighted by Gasteiger charge is 2.42. The number of halogens is 1. The molecular formula is C37H41FN6O2. The van der Waals surface area contributed by atoms with Crippen LogP contribution in [-0.4, -0.2) is 63.0 Å². The van der Waals surface area contributed by atoms with Crippen LogP contribution in [0.25, 0.3) is 0 Å². The Bertz CT molecular complexity index is 1660.